The third-order valence-electron chi connectivity index (χ3n) is 7.66. The molecule has 11 nitrogen and oxygen atoms in total. The smallest absolute Gasteiger partial charge is 0.459 e. The molecule has 0 bridgehead atoms. The molecule has 3 N–H and O–H groups in total. The summed E-state index contributed by atoms with van der Waals surface area (Å²) >= 11 is 0. The first kappa shape index (κ1) is 34.1. The number of carbonyl (C=O) groups is 1. The van der Waals surface area contributed by atoms with E-state index in [2.05, 4.69) is 21.6 Å². The van der Waals surface area contributed by atoms with E-state index in [0.29, 0.717) is 36.7 Å². The predicted molar refractivity (Wildman–Crippen MR) is 183 cm³/mol. The Morgan fingerprint density at radius 2 is 1.64 bits per heavy atom. The van der Waals surface area contributed by atoms with E-state index in [1.165, 1.54) is 0 Å². The molecule has 47 heavy (non-hydrogen) atoms. The van der Waals surface area contributed by atoms with Gasteiger partial charge in [-0.1, -0.05) is 80.1 Å². The summed E-state index contributed by atoms with van der Waals surface area (Å²) in [4.78, 5) is 22.4. The number of pyridine rings is 1. The summed E-state index contributed by atoms with van der Waals surface area (Å²) < 4.78 is 39.6. The highest BCUT2D eigenvalue weighted by molar-refractivity contribution is 7.52. The predicted octanol–water partition coefficient (Wildman–Crippen LogP) is 7.36. The second-order valence-electron chi connectivity index (χ2n) is 11.2. The number of carbonyl (C=O) groups excluding carboxylic acids is 1. The van der Waals surface area contributed by atoms with Crippen molar-refractivity contribution in [3.05, 3.63) is 96.3 Å². The number of nitrogens with zero attached hydrogens (tertiary/aromatic N) is 3. The van der Waals surface area contributed by atoms with Gasteiger partial charge in [0.05, 0.1) is 17.6 Å². The van der Waals surface area contributed by atoms with Crippen LogP contribution < -0.4 is 15.3 Å². The molecule has 12 heteroatoms. The number of nitrogens with one attached hydrogen (secondary N) is 1. The maximum absolute atomic E-state index is 14.2. The summed E-state index contributed by atoms with van der Waals surface area (Å²) in [6.07, 6.45) is 2.12. The molecule has 5 aromatic rings. The van der Waals surface area contributed by atoms with Crippen LogP contribution in [0.3, 0.4) is 0 Å². The number of hydrogen-bond acceptors (Lipinski definition) is 9. The van der Waals surface area contributed by atoms with E-state index in [1.54, 1.807) is 31.2 Å². The Labute approximate surface area is 275 Å². The monoisotopic (exact) mass is 659 g/mol. The fourth-order valence-corrected chi connectivity index (χ4v) is 6.96. The lowest BCUT2D eigenvalue weighted by Gasteiger charge is -2.25. The van der Waals surface area contributed by atoms with Crippen LogP contribution >= 0.6 is 7.75 Å². The van der Waals surface area contributed by atoms with Gasteiger partial charge in [-0.15, -0.1) is 0 Å². The number of para-hydroxylation sites is 2. The lowest BCUT2D eigenvalue weighted by molar-refractivity contribution is -0.146. The first-order valence-corrected chi connectivity index (χ1v) is 17.5. The summed E-state index contributed by atoms with van der Waals surface area (Å²) in [7, 11) is -4.05. The maximum atomic E-state index is 14.2. The Balaban J connectivity index is 1.39. The van der Waals surface area contributed by atoms with Gasteiger partial charge in [0.15, 0.2) is 5.82 Å². The van der Waals surface area contributed by atoms with Crippen LogP contribution in [-0.4, -0.2) is 39.8 Å². The number of anilines is 1. The maximum Gasteiger partial charge on any atom is 0.459 e. The van der Waals surface area contributed by atoms with Crippen LogP contribution in [0, 0.1) is 0 Å². The molecule has 2 heterocycles. The zero-order valence-corrected chi connectivity index (χ0v) is 27.9. The molecule has 0 saturated heterocycles. The highest BCUT2D eigenvalue weighted by Gasteiger charge is 2.33. The molecular weight excluding hydrogens is 617 g/mol. The van der Waals surface area contributed by atoms with Crippen molar-refractivity contribution in [2.75, 3.05) is 18.9 Å². The quantitative estimate of drug-likeness (QED) is 0.0769. The number of imidazole rings is 1. The van der Waals surface area contributed by atoms with Crippen LogP contribution in [0.15, 0.2) is 84.9 Å². The second kappa shape index (κ2) is 16.0. The number of ether oxygens (including phenoxy) is 2. The molecule has 0 aliphatic rings. The van der Waals surface area contributed by atoms with Gasteiger partial charge in [-0.05, 0) is 50.5 Å². The Kier molecular flexibility index (Phi) is 11.6. The number of hydrogen-bond donors (Lipinski definition) is 2. The number of aromatic nitrogens is 3. The molecule has 0 fully saturated rings. The van der Waals surface area contributed by atoms with E-state index in [-0.39, 0.29) is 19.3 Å². The van der Waals surface area contributed by atoms with Gasteiger partial charge in [0.25, 0.3) is 0 Å². The van der Waals surface area contributed by atoms with Crippen LogP contribution in [0.5, 0.6) is 5.75 Å². The number of nitrogen functional groups attached to an aromatic ring is 1. The van der Waals surface area contributed by atoms with Crippen molar-refractivity contribution in [3.63, 3.8) is 0 Å². The van der Waals surface area contributed by atoms with E-state index in [4.69, 9.17) is 29.2 Å². The average molecular weight is 660 g/mol. The minimum Gasteiger partial charge on any atom is -0.460 e. The van der Waals surface area contributed by atoms with E-state index in [9.17, 15) is 9.36 Å². The average Bonchev–Trinajstić information content (AvgIpc) is 3.47. The first-order chi connectivity index (χ1) is 22.8. The molecule has 3 atom stereocenters. The summed E-state index contributed by atoms with van der Waals surface area (Å²) in [5, 5.41) is 3.72. The third kappa shape index (κ3) is 8.55. The van der Waals surface area contributed by atoms with E-state index < -0.39 is 19.8 Å². The molecule has 0 aliphatic carbocycles. The van der Waals surface area contributed by atoms with Crippen LogP contribution in [0.1, 0.15) is 57.5 Å². The minimum absolute atomic E-state index is 0.0554. The molecule has 0 spiro atoms. The summed E-state index contributed by atoms with van der Waals surface area (Å²) in [5.41, 5.74) is 9.51. The van der Waals surface area contributed by atoms with Crippen molar-refractivity contribution >= 4 is 41.5 Å². The third-order valence-corrected chi connectivity index (χ3v) is 9.34. The van der Waals surface area contributed by atoms with E-state index in [0.717, 1.165) is 40.6 Å². The Bertz CT molecular complexity index is 1820. The minimum atomic E-state index is -4.05. The van der Waals surface area contributed by atoms with Gasteiger partial charge in [-0.2, -0.15) is 5.09 Å². The zero-order valence-electron chi connectivity index (χ0n) is 27.0. The van der Waals surface area contributed by atoms with Crippen LogP contribution in [0.2, 0.25) is 0 Å². The molecule has 3 aromatic carbocycles. The van der Waals surface area contributed by atoms with Crippen LogP contribution in [0.4, 0.5) is 5.82 Å². The van der Waals surface area contributed by atoms with Gasteiger partial charge in [0.2, 0.25) is 0 Å². The van der Waals surface area contributed by atoms with Gasteiger partial charge in [0, 0.05) is 18.0 Å². The summed E-state index contributed by atoms with van der Waals surface area (Å²) in [6.45, 7) is 6.57. The van der Waals surface area contributed by atoms with Gasteiger partial charge in [0.1, 0.15) is 36.3 Å². The van der Waals surface area contributed by atoms with Crippen molar-refractivity contribution in [2.45, 2.75) is 65.3 Å². The fourth-order valence-electron chi connectivity index (χ4n) is 5.46. The van der Waals surface area contributed by atoms with Gasteiger partial charge in [-0.3, -0.25) is 9.32 Å². The van der Waals surface area contributed by atoms with Crippen molar-refractivity contribution in [1.82, 2.24) is 19.6 Å². The van der Waals surface area contributed by atoms with Crippen molar-refractivity contribution in [1.29, 1.82) is 0 Å². The number of benzene rings is 3. The van der Waals surface area contributed by atoms with Gasteiger partial charge in [-0.25, -0.2) is 14.5 Å². The van der Waals surface area contributed by atoms with E-state index in [1.807, 2.05) is 67.6 Å². The lowest BCUT2D eigenvalue weighted by Crippen LogP contribution is -2.35. The van der Waals surface area contributed by atoms with E-state index >= 15 is 0 Å². The molecule has 0 saturated carbocycles. The molecule has 2 aromatic heterocycles. The standard InChI is InChI=1S/C35H42N5O6P/c1-4-14-27(40-31(24-43-5-2)38-32-33(40)29-19-12-13-20-30(29)37-34(32)36)21-22-45-47(42,46-28-17-10-7-11-18-28)39-25(3)35(41)44-23-26-15-8-6-9-16-26/h6-13,15-20,25,27H,4-5,14,21-24H2,1-3H3,(H2,36,37)(H,39,42)/t25-,27+,47?/m0/s1. The fraction of sp³-hybridized carbons (Fsp3) is 0.343. The Morgan fingerprint density at radius 1 is 0.936 bits per heavy atom. The highest BCUT2D eigenvalue weighted by atomic mass is 31.2. The normalized spacial score (nSPS) is 14.1. The number of esters is 1. The van der Waals surface area contributed by atoms with Crippen molar-refractivity contribution < 1.29 is 27.9 Å². The largest absolute Gasteiger partial charge is 0.460 e. The summed E-state index contributed by atoms with van der Waals surface area (Å²) in [6, 6.07) is 24.8. The number of fused-ring (bicyclic) bond motifs is 3. The zero-order chi connectivity index (χ0) is 33.2. The van der Waals surface area contributed by atoms with Crippen LogP contribution in [-0.2, 0) is 36.6 Å². The molecule has 0 aliphatic heterocycles. The van der Waals surface area contributed by atoms with Crippen molar-refractivity contribution in [2.24, 2.45) is 0 Å². The van der Waals surface area contributed by atoms with Gasteiger partial charge >= 0.3 is 13.7 Å². The molecule has 0 amide bonds. The molecular formula is C35H42N5O6P. The van der Waals surface area contributed by atoms with Crippen molar-refractivity contribution in [3.8, 4) is 5.75 Å². The molecule has 0 radical (unpaired) electrons. The first-order valence-electron chi connectivity index (χ1n) is 15.9. The molecule has 1 unspecified atom stereocenters. The summed E-state index contributed by atoms with van der Waals surface area (Å²) in [5.74, 6) is 0.829. The number of nitrogens with two attached hydrogens (primary N) is 1. The lowest BCUT2D eigenvalue weighted by atomic mass is 10.1. The Hall–Kier alpha value is -4.28. The Morgan fingerprint density at radius 3 is 2.36 bits per heavy atom. The molecule has 5 rings (SSSR count). The molecule has 248 valence electrons. The topological polar surface area (TPSA) is 140 Å². The highest BCUT2D eigenvalue weighted by Crippen LogP contribution is 2.45. The number of rotatable bonds is 17. The second-order valence-corrected chi connectivity index (χ2v) is 12.9. The SMILES string of the molecule is CCC[C@H](CCOP(=O)(N[C@@H](C)C(=O)OCc1ccccc1)Oc1ccccc1)n1c(COCC)nc2c(N)nc3ccccc3c21. The van der Waals surface area contributed by atoms with Gasteiger partial charge < -0.3 is 24.3 Å². The van der Waals surface area contributed by atoms with Crippen LogP contribution in [0.25, 0.3) is 21.9 Å².